The first-order valence-electron chi connectivity index (χ1n) is 5.02. The van der Waals surface area contributed by atoms with Crippen LogP contribution in [0, 0.1) is 0 Å². The van der Waals surface area contributed by atoms with Gasteiger partial charge in [-0.1, -0.05) is 41.0 Å². The fourth-order valence-electron chi connectivity index (χ4n) is 1.80. The molecule has 0 spiro atoms. The first kappa shape index (κ1) is 10.1. The van der Waals surface area contributed by atoms with E-state index in [1.807, 2.05) is 36.4 Å². The number of rotatable bonds is 1. The molecule has 1 heterocycles. The van der Waals surface area contributed by atoms with Gasteiger partial charge in [-0.15, -0.1) is 5.10 Å². The van der Waals surface area contributed by atoms with E-state index in [0.29, 0.717) is 10.9 Å². The molecule has 2 N–H and O–H groups in total. The van der Waals surface area contributed by atoms with Crippen LogP contribution in [0.4, 0.5) is 6.01 Å². The first-order valence-corrected chi connectivity index (χ1v) is 5.40. The van der Waals surface area contributed by atoms with E-state index in [4.69, 9.17) is 21.8 Å². The fraction of sp³-hybridized carbons (Fsp3) is 0. The largest absolute Gasteiger partial charge is 0.404 e. The van der Waals surface area contributed by atoms with Crippen LogP contribution >= 0.6 is 11.6 Å². The second kappa shape index (κ2) is 3.75. The van der Waals surface area contributed by atoms with Crippen LogP contribution in [0.25, 0.3) is 22.2 Å². The molecule has 2 aromatic carbocycles. The lowest BCUT2D eigenvalue weighted by atomic mass is 10.0. The summed E-state index contributed by atoms with van der Waals surface area (Å²) in [7, 11) is 0. The molecule has 0 aliphatic carbocycles. The molecule has 0 aliphatic rings. The Balaban J connectivity index is 2.34. The predicted molar refractivity (Wildman–Crippen MR) is 66.7 cm³/mol. The van der Waals surface area contributed by atoms with Gasteiger partial charge in [0.05, 0.1) is 0 Å². The molecule has 3 aromatic rings. The minimum absolute atomic E-state index is 0.0547. The third-order valence-electron chi connectivity index (χ3n) is 2.54. The number of benzene rings is 2. The highest BCUT2D eigenvalue weighted by Crippen LogP contribution is 2.31. The van der Waals surface area contributed by atoms with E-state index in [1.165, 1.54) is 0 Å². The molecule has 17 heavy (non-hydrogen) atoms. The van der Waals surface area contributed by atoms with Crippen molar-refractivity contribution in [3.05, 3.63) is 41.4 Å². The van der Waals surface area contributed by atoms with Gasteiger partial charge in [-0.25, -0.2) is 0 Å². The van der Waals surface area contributed by atoms with Crippen molar-refractivity contribution in [2.75, 3.05) is 5.73 Å². The zero-order chi connectivity index (χ0) is 11.8. The van der Waals surface area contributed by atoms with Gasteiger partial charge in [-0.3, -0.25) is 0 Å². The standard InChI is InChI=1S/C12H8ClN3O/c13-10-6-2-3-7-8(10)4-1-5-9(7)11-15-16-12(14)17-11/h1-6H,(H2,14,16). The molecule has 0 fully saturated rings. The molecular weight excluding hydrogens is 238 g/mol. The number of aromatic nitrogens is 2. The SMILES string of the molecule is Nc1nnc(-c2cccc3c(Cl)cccc23)o1. The minimum atomic E-state index is 0.0547. The van der Waals surface area contributed by atoms with E-state index in [-0.39, 0.29) is 6.01 Å². The fourth-order valence-corrected chi connectivity index (χ4v) is 2.04. The van der Waals surface area contributed by atoms with Gasteiger partial charge in [0.25, 0.3) is 0 Å². The van der Waals surface area contributed by atoms with Gasteiger partial charge >= 0.3 is 6.01 Å². The smallest absolute Gasteiger partial charge is 0.313 e. The second-order valence-electron chi connectivity index (χ2n) is 3.59. The van der Waals surface area contributed by atoms with Gasteiger partial charge in [0.15, 0.2) is 0 Å². The van der Waals surface area contributed by atoms with Gasteiger partial charge in [-0.2, -0.15) is 0 Å². The van der Waals surface area contributed by atoms with Gasteiger partial charge in [0.2, 0.25) is 5.89 Å². The summed E-state index contributed by atoms with van der Waals surface area (Å²) in [6, 6.07) is 11.5. The summed E-state index contributed by atoms with van der Waals surface area (Å²) in [5.74, 6) is 0.398. The van der Waals surface area contributed by atoms with Gasteiger partial charge in [0.1, 0.15) is 0 Å². The molecule has 0 amide bonds. The van der Waals surface area contributed by atoms with Gasteiger partial charge in [0, 0.05) is 16.0 Å². The number of nitrogens with two attached hydrogens (primary N) is 1. The maximum absolute atomic E-state index is 6.13. The highest BCUT2D eigenvalue weighted by atomic mass is 35.5. The van der Waals surface area contributed by atoms with E-state index in [9.17, 15) is 0 Å². The van der Waals surface area contributed by atoms with Crippen LogP contribution in [-0.2, 0) is 0 Å². The molecule has 0 unspecified atom stereocenters. The Morgan fingerprint density at radius 1 is 1.00 bits per heavy atom. The van der Waals surface area contributed by atoms with E-state index >= 15 is 0 Å². The summed E-state index contributed by atoms with van der Waals surface area (Å²) in [6.45, 7) is 0. The number of hydrogen-bond acceptors (Lipinski definition) is 4. The third kappa shape index (κ3) is 1.62. The Labute approximate surface area is 102 Å². The topological polar surface area (TPSA) is 64.9 Å². The quantitative estimate of drug-likeness (QED) is 0.715. The van der Waals surface area contributed by atoms with Crippen molar-refractivity contribution in [1.29, 1.82) is 0 Å². The van der Waals surface area contributed by atoms with Crippen LogP contribution in [-0.4, -0.2) is 10.2 Å². The van der Waals surface area contributed by atoms with Crippen LogP contribution in [0.15, 0.2) is 40.8 Å². The number of fused-ring (bicyclic) bond motifs is 1. The van der Waals surface area contributed by atoms with Crippen molar-refractivity contribution < 1.29 is 4.42 Å². The van der Waals surface area contributed by atoms with E-state index in [0.717, 1.165) is 16.3 Å². The van der Waals surface area contributed by atoms with Gasteiger partial charge < -0.3 is 10.2 Å². The van der Waals surface area contributed by atoms with Gasteiger partial charge in [-0.05, 0) is 17.5 Å². The first-order chi connectivity index (χ1) is 8.25. The zero-order valence-corrected chi connectivity index (χ0v) is 9.48. The molecule has 0 saturated heterocycles. The molecule has 3 rings (SSSR count). The molecule has 0 aliphatic heterocycles. The van der Waals surface area contributed by atoms with Crippen LogP contribution in [0.1, 0.15) is 0 Å². The second-order valence-corrected chi connectivity index (χ2v) is 3.99. The maximum Gasteiger partial charge on any atom is 0.313 e. The molecule has 84 valence electrons. The average molecular weight is 246 g/mol. The Bertz CT molecular complexity index is 693. The highest BCUT2D eigenvalue weighted by Gasteiger charge is 2.10. The predicted octanol–water partition coefficient (Wildman–Crippen LogP) is 3.13. The van der Waals surface area contributed by atoms with Crippen LogP contribution in [0.3, 0.4) is 0 Å². The molecule has 0 atom stereocenters. The Hall–Kier alpha value is -2.07. The van der Waals surface area contributed by atoms with Crippen molar-refractivity contribution in [3.63, 3.8) is 0 Å². The van der Waals surface area contributed by atoms with Crippen LogP contribution in [0.5, 0.6) is 0 Å². The molecule has 0 saturated carbocycles. The Morgan fingerprint density at radius 3 is 2.53 bits per heavy atom. The lowest BCUT2D eigenvalue weighted by molar-refractivity contribution is 0.591. The van der Waals surface area contributed by atoms with Crippen LogP contribution in [0.2, 0.25) is 5.02 Å². The van der Waals surface area contributed by atoms with Crippen molar-refractivity contribution in [2.24, 2.45) is 0 Å². The number of nitrogens with zero attached hydrogens (tertiary/aromatic N) is 2. The lowest BCUT2D eigenvalue weighted by Crippen LogP contribution is -1.82. The summed E-state index contributed by atoms with van der Waals surface area (Å²) in [5.41, 5.74) is 6.25. The Morgan fingerprint density at radius 2 is 1.76 bits per heavy atom. The van der Waals surface area contributed by atoms with Crippen molar-refractivity contribution >= 4 is 28.4 Å². The summed E-state index contributed by atoms with van der Waals surface area (Å²) in [6.07, 6.45) is 0. The van der Waals surface area contributed by atoms with E-state index < -0.39 is 0 Å². The minimum Gasteiger partial charge on any atom is -0.404 e. The molecular formula is C12H8ClN3O. The third-order valence-corrected chi connectivity index (χ3v) is 2.87. The summed E-state index contributed by atoms with van der Waals surface area (Å²) < 4.78 is 5.23. The molecule has 4 nitrogen and oxygen atoms in total. The summed E-state index contributed by atoms with van der Waals surface area (Å²) >= 11 is 6.13. The monoisotopic (exact) mass is 245 g/mol. The highest BCUT2D eigenvalue weighted by molar-refractivity contribution is 6.35. The average Bonchev–Trinajstić information content (AvgIpc) is 2.76. The number of nitrogen functional groups attached to an aromatic ring is 1. The zero-order valence-electron chi connectivity index (χ0n) is 8.72. The lowest BCUT2D eigenvalue weighted by Gasteiger charge is -2.03. The Kier molecular flexibility index (Phi) is 2.23. The molecule has 0 radical (unpaired) electrons. The summed E-state index contributed by atoms with van der Waals surface area (Å²) in [4.78, 5) is 0. The molecule has 0 bridgehead atoms. The van der Waals surface area contributed by atoms with E-state index in [1.54, 1.807) is 0 Å². The number of anilines is 1. The summed E-state index contributed by atoms with van der Waals surface area (Å²) in [5, 5.41) is 10.1. The molecule has 1 aromatic heterocycles. The van der Waals surface area contributed by atoms with Crippen molar-refractivity contribution in [3.8, 4) is 11.5 Å². The van der Waals surface area contributed by atoms with Crippen LogP contribution < -0.4 is 5.73 Å². The maximum atomic E-state index is 6.13. The normalized spacial score (nSPS) is 10.9. The van der Waals surface area contributed by atoms with Crippen molar-refractivity contribution in [1.82, 2.24) is 10.2 Å². The molecule has 5 heteroatoms. The number of halogens is 1. The number of hydrogen-bond donors (Lipinski definition) is 1. The van der Waals surface area contributed by atoms with E-state index in [2.05, 4.69) is 10.2 Å². The van der Waals surface area contributed by atoms with Crippen molar-refractivity contribution in [2.45, 2.75) is 0 Å².